The van der Waals surface area contributed by atoms with E-state index in [1.54, 1.807) is 0 Å². The molecule has 8 rings (SSSR count). The van der Waals surface area contributed by atoms with Crippen LogP contribution in [0, 0.1) is 0 Å². The van der Waals surface area contributed by atoms with Gasteiger partial charge in [0.05, 0.1) is 0 Å². The molecule has 5 aromatic rings. The number of anilines is 1. The molecule has 3 heteroatoms. The second kappa shape index (κ2) is 8.85. The topological polar surface area (TPSA) is 26.0 Å². The Morgan fingerprint density at radius 3 is 1.86 bits per heavy atom. The fourth-order valence-electron chi connectivity index (χ4n) is 5.93. The highest BCUT2D eigenvalue weighted by Gasteiger charge is 2.25. The van der Waals surface area contributed by atoms with Gasteiger partial charge < -0.3 is 5.73 Å². The minimum atomic E-state index is 0.0681. The second-order valence-corrected chi connectivity index (χ2v) is 14.7. The molecule has 5 aromatic carbocycles. The zero-order valence-electron chi connectivity index (χ0n) is 22.9. The van der Waals surface area contributed by atoms with Crippen LogP contribution in [0.1, 0.15) is 74.9 Å². The van der Waals surface area contributed by atoms with Gasteiger partial charge in [0.1, 0.15) is 0 Å². The predicted molar refractivity (Wildman–Crippen MR) is 168 cm³/mol. The number of para-hydroxylation sites is 1. The van der Waals surface area contributed by atoms with Crippen molar-refractivity contribution in [1.29, 1.82) is 0 Å². The maximum atomic E-state index is 6.68. The van der Waals surface area contributed by atoms with Crippen molar-refractivity contribution in [3.05, 3.63) is 88.0 Å². The molecule has 0 atom stereocenters. The molecule has 0 fully saturated rings. The first-order valence-corrected chi connectivity index (χ1v) is 15.6. The van der Waals surface area contributed by atoms with Crippen molar-refractivity contribution in [3.8, 4) is 0 Å². The van der Waals surface area contributed by atoms with Crippen LogP contribution in [0.3, 0.4) is 0 Å². The molecule has 0 unspecified atom stereocenters. The van der Waals surface area contributed by atoms with Crippen LogP contribution >= 0.6 is 23.5 Å². The van der Waals surface area contributed by atoms with Crippen molar-refractivity contribution < 1.29 is 0 Å². The van der Waals surface area contributed by atoms with Crippen molar-refractivity contribution >= 4 is 61.5 Å². The summed E-state index contributed by atoms with van der Waals surface area (Å²) in [6, 6.07) is 21.3. The number of thioether (sulfide) groups is 2. The van der Waals surface area contributed by atoms with Gasteiger partial charge in [-0.1, -0.05) is 84.0 Å². The Morgan fingerprint density at radius 1 is 0.595 bits per heavy atom. The second-order valence-electron chi connectivity index (χ2n) is 12.8. The average molecular weight is 524 g/mol. The van der Waals surface area contributed by atoms with Gasteiger partial charge in [-0.05, 0) is 88.7 Å². The predicted octanol–water partition coefficient (Wildman–Crippen LogP) is 9.94. The molecule has 3 aliphatic rings. The highest BCUT2D eigenvalue weighted by atomic mass is 32.2. The zero-order valence-corrected chi connectivity index (χ0v) is 24.6. The smallest absolute Gasteiger partial charge is 0.0396 e. The summed E-state index contributed by atoms with van der Waals surface area (Å²) >= 11 is 3.97. The van der Waals surface area contributed by atoms with Crippen molar-refractivity contribution in [2.24, 2.45) is 0 Å². The molecule has 37 heavy (non-hydrogen) atoms. The molecule has 10 bridgehead atoms. The molecule has 0 aliphatic carbocycles. The number of benzene rings is 5. The van der Waals surface area contributed by atoms with Gasteiger partial charge in [-0.25, -0.2) is 0 Å². The maximum Gasteiger partial charge on any atom is 0.0396 e. The van der Waals surface area contributed by atoms with Gasteiger partial charge in [-0.3, -0.25) is 0 Å². The highest BCUT2D eigenvalue weighted by molar-refractivity contribution is 7.98. The van der Waals surface area contributed by atoms with Gasteiger partial charge in [0.25, 0.3) is 0 Å². The fourth-order valence-corrected chi connectivity index (χ4v) is 7.98. The van der Waals surface area contributed by atoms with Crippen LogP contribution in [-0.2, 0) is 33.8 Å². The number of nitrogen functional groups attached to an aromatic ring is 1. The molecule has 1 nitrogen and oxygen atoms in total. The Morgan fingerprint density at radius 2 is 1.22 bits per heavy atom. The summed E-state index contributed by atoms with van der Waals surface area (Å²) in [5.41, 5.74) is 16.1. The van der Waals surface area contributed by atoms with Gasteiger partial charge in [0.2, 0.25) is 0 Å². The lowest BCUT2D eigenvalue weighted by Crippen LogP contribution is -2.13. The number of rotatable bonds is 0. The van der Waals surface area contributed by atoms with Gasteiger partial charge in [-0.15, -0.1) is 0 Å². The molecule has 0 radical (unpaired) electrons. The summed E-state index contributed by atoms with van der Waals surface area (Å²) in [5, 5.41) is 8.57. The van der Waals surface area contributed by atoms with E-state index < -0.39 is 0 Å². The first-order chi connectivity index (χ1) is 17.5. The summed E-state index contributed by atoms with van der Waals surface area (Å²) in [6.07, 6.45) is 0. The third kappa shape index (κ3) is 4.29. The summed E-state index contributed by atoms with van der Waals surface area (Å²) in [7, 11) is 0. The largest absolute Gasteiger partial charge is 0.398 e. The van der Waals surface area contributed by atoms with Crippen LogP contribution in [0.2, 0.25) is 0 Å². The molecular formula is C34H37NS2. The fraction of sp³-hybridized carbons (Fsp3) is 0.353. The Kier molecular flexibility index (Phi) is 5.97. The molecule has 3 aliphatic heterocycles. The van der Waals surface area contributed by atoms with E-state index in [1.165, 1.54) is 65.7 Å². The summed E-state index contributed by atoms with van der Waals surface area (Å²) in [4.78, 5) is 0. The Hall–Kier alpha value is -2.36. The van der Waals surface area contributed by atoms with Crippen LogP contribution in [0.15, 0.2) is 54.6 Å². The number of hydrogen-bond donors (Lipinski definition) is 1. The van der Waals surface area contributed by atoms with E-state index in [1.807, 2.05) is 23.5 Å². The van der Waals surface area contributed by atoms with Crippen LogP contribution < -0.4 is 5.73 Å². The van der Waals surface area contributed by atoms with E-state index in [2.05, 4.69) is 96.1 Å². The lowest BCUT2D eigenvalue weighted by Gasteiger charge is -2.27. The summed E-state index contributed by atoms with van der Waals surface area (Å²) in [5.74, 6) is 3.83. The minimum absolute atomic E-state index is 0.0681. The Balaban J connectivity index is 1.72. The van der Waals surface area contributed by atoms with E-state index in [0.717, 1.165) is 28.7 Å². The molecule has 0 saturated heterocycles. The van der Waals surface area contributed by atoms with Crippen molar-refractivity contribution in [2.75, 3.05) is 5.73 Å². The average Bonchev–Trinajstić information content (AvgIpc) is 2.83. The van der Waals surface area contributed by atoms with Crippen LogP contribution in [0.4, 0.5) is 5.69 Å². The quantitative estimate of drug-likeness (QED) is 0.161. The molecular weight excluding hydrogens is 487 g/mol. The molecule has 0 aromatic heterocycles. The standard InChI is InChI=1S/C34H37NS2/c1-33(2,3)26-14-23-13-25-19-37-17-22-9-7-8-21(32(22)35)16-36-18-24-12-20-10-11-28(34(4,5)6)30(25)31(20)29(23)27(24)15-26/h7-15H,16-19,35H2,1-6H3. The molecule has 3 heterocycles. The van der Waals surface area contributed by atoms with E-state index in [4.69, 9.17) is 5.73 Å². The van der Waals surface area contributed by atoms with E-state index in [9.17, 15) is 0 Å². The molecule has 0 saturated carbocycles. The highest BCUT2D eigenvalue weighted by Crippen LogP contribution is 2.46. The molecule has 0 amide bonds. The van der Waals surface area contributed by atoms with E-state index in [0.29, 0.717) is 0 Å². The van der Waals surface area contributed by atoms with Crippen molar-refractivity contribution in [3.63, 3.8) is 0 Å². The molecule has 190 valence electrons. The lowest BCUT2D eigenvalue weighted by atomic mass is 9.78. The van der Waals surface area contributed by atoms with Gasteiger partial charge in [0.15, 0.2) is 0 Å². The SMILES string of the molecule is CC(C)(C)c1cc2cc3c4c(C(C)(C)C)ccc5cc(c(c1)c2c54)CSCc1cccc(c1N)CSC3. The third-order valence-corrected chi connectivity index (χ3v) is 10.0. The Labute approximate surface area is 229 Å². The number of hydrogen-bond acceptors (Lipinski definition) is 3. The van der Waals surface area contributed by atoms with E-state index >= 15 is 0 Å². The summed E-state index contributed by atoms with van der Waals surface area (Å²) < 4.78 is 0. The lowest BCUT2D eigenvalue weighted by molar-refractivity contribution is 0.591. The van der Waals surface area contributed by atoms with Crippen LogP contribution in [-0.4, -0.2) is 0 Å². The summed E-state index contributed by atoms with van der Waals surface area (Å²) in [6.45, 7) is 14.1. The van der Waals surface area contributed by atoms with Gasteiger partial charge >= 0.3 is 0 Å². The Bertz CT molecular complexity index is 1650. The van der Waals surface area contributed by atoms with Crippen LogP contribution in [0.5, 0.6) is 0 Å². The van der Waals surface area contributed by atoms with Crippen molar-refractivity contribution in [1.82, 2.24) is 0 Å². The zero-order chi connectivity index (χ0) is 26.1. The molecule has 0 spiro atoms. The van der Waals surface area contributed by atoms with Gasteiger partial charge in [-0.2, -0.15) is 23.5 Å². The van der Waals surface area contributed by atoms with Gasteiger partial charge in [0, 0.05) is 28.7 Å². The van der Waals surface area contributed by atoms with E-state index in [-0.39, 0.29) is 10.8 Å². The maximum absolute atomic E-state index is 6.68. The first kappa shape index (κ1) is 24.9. The van der Waals surface area contributed by atoms with Crippen molar-refractivity contribution in [2.45, 2.75) is 75.4 Å². The monoisotopic (exact) mass is 523 g/mol. The number of nitrogens with two attached hydrogens (primary N) is 1. The normalized spacial score (nSPS) is 15.3. The molecule has 2 N–H and O–H groups in total. The third-order valence-electron chi connectivity index (χ3n) is 7.97. The minimum Gasteiger partial charge on any atom is -0.398 e. The first-order valence-electron chi connectivity index (χ1n) is 13.3. The van der Waals surface area contributed by atoms with Crippen LogP contribution in [0.25, 0.3) is 32.3 Å².